The van der Waals surface area contributed by atoms with Crippen molar-refractivity contribution in [3.05, 3.63) is 22.1 Å². The predicted molar refractivity (Wildman–Crippen MR) is 57.5 cm³/mol. The molecule has 0 spiro atoms. The van der Waals surface area contributed by atoms with Crippen molar-refractivity contribution in [3.63, 3.8) is 0 Å². The van der Waals surface area contributed by atoms with E-state index in [1.807, 2.05) is 0 Å². The Labute approximate surface area is 103 Å². The molecule has 0 radical (unpaired) electrons. The molecule has 9 heteroatoms. The highest BCUT2D eigenvalue weighted by Crippen LogP contribution is 2.30. The number of carboxylic acids is 1. The number of carboxylic acid groups (broad SMARTS) is 1. The molecule has 5 nitrogen and oxygen atoms in total. The van der Waals surface area contributed by atoms with Gasteiger partial charge in [0.15, 0.2) is 11.1 Å². The maximum Gasteiger partial charge on any atom is 0.403 e. The minimum atomic E-state index is -4.83. The van der Waals surface area contributed by atoms with Crippen LogP contribution in [0, 0.1) is 12.8 Å². The van der Waals surface area contributed by atoms with Gasteiger partial charge in [0.25, 0.3) is 5.56 Å². The van der Waals surface area contributed by atoms with Crippen LogP contribution in [0.4, 0.5) is 13.2 Å². The minimum Gasteiger partial charge on any atom is -0.481 e. The molecular weight excluding hydrogens is 273 g/mol. The third-order valence-electron chi connectivity index (χ3n) is 1.93. The molecule has 0 aliphatic heterocycles. The average molecular weight is 282 g/mol. The Bertz CT molecular complexity index is 501. The number of halogens is 3. The second-order valence-electron chi connectivity index (χ2n) is 3.44. The second-order valence-corrected chi connectivity index (χ2v) is 4.44. The van der Waals surface area contributed by atoms with E-state index in [2.05, 4.69) is 9.97 Å². The number of H-pyrrole nitrogens is 1. The molecule has 0 aromatic carbocycles. The monoisotopic (exact) mass is 282 g/mol. The smallest absolute Gasteiger partial charge is 0.403 e. The van der Waals surface area contributed by atoms with Crippen molar-refractivity contribution >= 4 is 17.7 Å². The quantitative estimate of drug-likeness (QED) is 0.645. The van der Waals surface area contributed by atoms with Gasteiger partial charge in [-0.05, 0) is 6.92 Å². The maximum absolute atomic E-state index is 12.3. The summed E-state index contributed by atoms with van der Waals surface area (Å²) in [7, 11) is 0. The van der Waals surface area contributed by atoms with Crippen molar-refractivity contribution < 1.29 is 23.1 Å². The van der Waals surface area contributed by atoms with Crippen molar-refractivity contribution in [2.45, 2.75) is 18.3 Å². The van der Waals surface area contributed by atoms with Crippen LogP contribution in [0.5, 0.6) is 0 Å². The van der Waals surface area contributed by atoms with E-state index < -0.39 is 29.4 Å². The summed E-state index contributed by atoms with van der Waals surface area (Å²) in [5, 5.41) is 8.44. The van der Waals surface area contributed by atoms with Crippen LogP contribution in [0.25, 0.3) is 0 Å². The summed E-state index contributed by atoms with van der Waals surface area (Å²) >= 11 is 0.545. The Kier molecular flexibility index (Phi) is 4.38. The van der Waals surface area contributed by atoms with Crippen molar-refractivity contribution in [2.24, 2.45) is 5.92 Å². The number of thioether (sulfide) groups is 1. The summed E-state index contributed by atoms with van der Waals surface area (Å²) in [6.45, 7) is 1.51. The summed E-state index contributed by atoms with van der Waals surface area (Å²) in [6, 6.07) is 1.18. The largest absolute Gasteiger partial charge is 0.481 e. The second kappa shape index (κ2) is 5.42. The third kappa shape index (κ3) is 4.06. The molecule has 0 saturated heterocycles. The van der Waals surface area contributed by atoms with Gasteiger partial charge in [-0.1, -0.05) is 11.8 Å². The molecule has 0 saturated carbocycles. The van der Waals surface area contributed by atoms with Crippen LogP contribution in [-0.4, -0.2) is 33.0 Å². The van der Waals surface area contributed by atoms with Crippen molar-refractivity contribution in [2.75, 3.05) is 5.75 Å². The summed E-state index contributed by atoms with van der Waals surface area (Å²) in [5.41, 5.74) is -0.149. The first-order chi connectivity index (χ1) is 8.20. The molecule has 1 rings (SSSR count). The number of alkyl halides is 3. The van der Waals surface area contributed by atoms with Gasteiger partial charge in [0.1, 0.15) is 0 Å². The number of aliphatic carboxylic acids is 1. The molecule has 1 atom stereocenters. The van der Waals surface area contributed by atoms with Gasteiger partial charge < -0.3 is 10.1 Å². The van der Waals surface area contributed by atoms with E-state index in [1.165, 1.54) is 13.0 Å². The fourth-order valence-electron chi connectivity index (χ4n) is 1.09. The molecule has 1 aromatic rings. The summed E-state index contributed by atoms with van der Waals surface area (Å²) in [6.07, 6.45) is -4.83. The Morgan fingerprint density at radius 3 is 2.67 bits per heavy atom. The van der Waals surface area contributed by atoms with Crippen molar-refractivity contribution in [1.82, 2.24) is 9.97 Å². The minimum absolute atomic E-state index is 0.0319. The van der Waals surface area contributed by atoms with Gasteiger partial charge >= 0.3 is 12.1 Å². The number of rotatable bonds is 4. The molecule has 0 amide bonds. The molecule has 0 aliphatic carbocycles. The lowest BCUT2D eigenvalue weighted by atomic mass is 10.2. The van der Waals surface area contributed by atoms with E-state index in [4.69, 9.17) is 5.11 Å². The van der Waals surface area contributed by atoms with E-state index in [9.17, 15) is 22.8 Å². The lowest BCUT2D eigenvalue weighted by molar-refractivity contribution is -0.188. The Morgan fingerprint density at radius 1 is 1.61 bits per heavy atom. The van der Waals surface area contributed by atoms with E-state index in [0.717, 1.165) is 0 Å². The molecule has 0 aliphatic rings. The van der Waals surface area contributed by atoms with Gasteiger partial charge in [0.2, 0.25) is 0 Å². The summed E-state index contributed by atoms with van der Waals surface area (Å²) < 4.78 is 37.0. The summed E-state index contributed by atoms with van der Waals surface area (Å²) in [4.78, 5) is 27.5. The van der Waals surface area contributed by atoms with Gasteiger partial charge in [-0.15, -0.1) is 0 Å². The first kappa shape index (κ1) is 14.6. The third-order valence-corrected chi connectivity index (χ3v) is 2.89. The predicted octanol–water partition coefficient (Wildman–Crippen LogP) is 1.43. The van der Waals surface area contributed by atoms with Crippen molar-refractivity contribution in [3.8, 4) is 0 Å². The zero-order valence-corrected chi connectivity index (χ0v) is 9.93. The first-order valence-electron chi connectivity index (χ1n) is 4.70. The molecular formula is C9H9F3N2O3S. The molecule has 2 N–H and O–H groups in total. The highest BCUT2D eigenvalue weighted by Gasteiger charge is 2.45. The fraction of sp³-hybridized carbons (Fsp3) is 0.444. The first-order valence-corrected chi connectivity index (χ1v) is 5.69. The van der Waals surface area contributed by atoms with Gasteiger partial charge in [-0.25, -0.2) is 4.98 Å². The molecule has 1 heterocycles. The number of hydrogen-bond donors (Lipinski definition) is 2. The maximum atomic E-state index is 12.3. The Morgan fingerprint density at radius 2 is 2.22 bits per heavy atom. The van der Waals surface area contributed by atoms with Crippen LogP contribution >= 0.6 is 11.8 Å². The zero-order chi connectivity index (χ0) is 13.9. The summed E-state index contributed by atoms with van der Waals surface area (Å²) in [5.74, 6) is -5.19. The number of hydrogen-bond acceptors (Lipinski definition) is 4. The molecule has 1 aromatic heterocycles. The number of nitrogens with zero attached hydrogens (tertiary/aromatic N) is 1. The van der Waals surface area contributed by atoms with Gasteiger partial charge in [-0.3, -0.25) is 9.59 Å². The van der Waals surface area contributed by atoms with Gasteiger partial charge in [-0.2, -0.15) is 13.2 Å². The molecule has 18 heavy (non-hydrogen) atoms. The van der Waals surface area contributed by atoms with E-state index >= 15 is 0 Å². The topological polar surface area (TPSA) is 83.0 Å². The van der Waals surface area contributed by atoms with Crippen molar-refractivity contribution in [1.29, 1.82) is 0 Å². The van der Waals surface area contributed by atoms with E-state index in [1.54, 1.807) is 0 Å². The van der Waals surface area contributed by atoms with E-state index in [0.29, 0.717) is 17.5 Å². The lowest BCUT2D eigenvalue weighted by Crippen LogP contribution is -2.32. The number of aromatic amines is 1. The van der Waals surface area contributed by atoms with Crippen LogP contribution in [-0.2, 0) is 4.79 Å². The molecule has 0 bridgehead atoms. The molecule has 0 fully saturated rings. The van der Waals surface area contributed by atoms with Crippen LogP contribution in [0.1, 0.15) is 5.69 Å². The number of carbonyl (C=O) groups is 1. The van der Waals surface area contributed by atoms with Gasteiger partial charge in [0.05, 0.1) is 0 Å². The molecule has 100 valence electrons. The Hall–Kier alpha value is -1.51. The zero-order valence-electron chi connectivity index (χ0n) is 9.11. The van der Waals surface area contributed by atoms with E-state index in [-0.39, 0.29) is 5.16 Å². The fourth-order valence-corrected chi connectivity index (χ4v) is 2.13. The lowest BCUT2D eigenvalue weighted by Gasteiger charge is -2.14. The average Bonchev–Trinajstić information content (AvgIpc) is 2.12. The SMILES string of the molecule is Cc1cc(=O)[nH]c(SCC(C(=O)O)C(F)(F)F)n1. The van der Waals surface area contributed by atoms with Crippen LogP contribution in [0.3, 0.4) is 0 Å². The van der Waals surface area contributed by atoms with Crippen LogP contribution in [0.15, 0.2) is 16.0 Å². The normalized spacial score (nSPS) is 13.3. The Balaban J connectivity index is 2.79. The van der Waals surface area contributed by atoms with Crippen LogP contribution < -0.4 is 5.56 Å². The molecule has 1 unspecified atom stereocenters. The number of nitrogens with one attached hydrogen (secondary N) is 1. The standard InChI is InChI=1S/C9H9F3N2O3S/c1-4-2-6(15)14-8(13-4)18-3-5(7(16)17)9(10,11)12/h2,5H,3H2,1H3,(H,16,17)(H,13,14,15). The highest BCUT2D eigenvalue weighted by molar-refractivity contribution is 7.99. The number of aromatic nitrogens is 2. The number of aryl methyl sites for hydroxylation is 1. The highest BCUT2D eigenvalue weighted by atomic mass is 32.2. The van der Waals surface area contributed by atoms with Gasteiger partial charge in [0, 0.05) is 17.5 Å². The van der Waals surface area contributed by atoms with Crippen LogP contribution in [0.2, 0.25) is 0 Å².